The van der Waals surface area contributed by atoms with E-state index in [-0.39, 0.29) is 11.8 Å². The molecule has 0 atom stereocenters. The van der Waals surface area contributed by atoms with Crippen molar-refractivity contribution in [3.8, 4) is 16.2 Å². The van der Waals surface area contributed by atoms with Crippen molar-refractivity contribution in [3.05, 3.63) is 40.8 Å². The summed E-state index contributed by atoms with van der Waals surface area (Å²) in [4.78, 5) is 27.8. The van der Waals surface area contributed by atoms with Gasteiger partial charge in [0, 0.05) is 42.6 Å². The Bertz CT molecular complexity index is 837. The van der Waals surface area contributed by atoms with Crippen LogP contribution in [0.2, 0.25) is 0 Å². The number of nitrogens with zero attached hydrogens (tertiary/aromatic N) is 1. The van der Waals surface area contributed by atoms with Crippen molar-refractivity contribution in [2.24, 2.45) is 5.92 Å². The summed E-state index contributed by atoms with van der Waals surface area (Å²) in [5, 5.41) is 2.88. The van der Waals surface area contributed by atoms with Gasteiger partial charge in [-0.2, -0.15) is 0 Å². The third-order valence-electron chi connectivity index (χ3n) is 5.08. The maximum Gasteiger partial charge on any atom is 0.263 e. The minimum absolute atomic E-state index is 0.00942. The summed E-state index contributed by atoms with van der Waals surface area (Å²) >= 11 is 1.57. The van der Waals surface area contributed by atoms with E-state index in [1.54, 1.807) is 18.3 Å². The largest absolute Gasteiger partial charge is 0.488 e. The summed E-state index contributed by atoms with van der Waals surface area (Å²) in [5.41, 5.74) is 2.17. The molecule has 0 radical (unpaired) electrons. The number of ether oxygens (including phenoxy) is 1. The van der Waals surface area contributed by atoms with Crippen molar-refractivity contribution < 1.29 is 14.3 Å². The number of benzene rings is 1. The van der Waals surface area contributed by atoms with E-state index in [2.05, 4.69) is 5.32 Å². The Balaban J connectivity index is 1.44. The number of amides is 2. The molecule has 0 bridgehead atoms. The topological polar surface area (TPSA) is 58.6 Å². The van der Waals surface area contributed by atoms with Crippen molar-refractivity contribution in [1.29, 1.82) is 0 Å². The number of piperidine rings is 1. The third-order valence-corrected chi connectivity index (χ3v) is 6.27. The number of likely N-dealkylation sites (tertiary alicyclic amines) is 1. The fraction of sp³-hybridized carbons (Fsp3) is 0.400. The van der Waals surface area contributed by atoms with Crippen LogP contribution in [-0.2, 0) is 11.4 Å². The Morgan fingerprint density at radius 1 is 1.27 bits per heavy atom. The number of para-hydroxylation sites is 1. The molecule has 2 aliphatic heterocycles. The molecular weight excluding hydrogens is 348 g/mol. The molecule has 2 aliphatic rings. The Kier molecular flexibility index (Phi) is 4.68. The van der Waals surface area contributed by atoms with Crippen LogP contribution in [0, 0.1) is 5.92 Å². The number of rotatable bonds is 3. The Hall–Kier alpha value is -2.34. The molecule has 3 heterocycles. The van der Waals surface area contributed by atoms with Gasteiger partial charge in [0.1, 0.15) is 12.4 Å². The summed E-state index contributed by atoms with van der Waals surface area (Å²) < 4.78 is 5.80. The molecule has 26 heavy (non-hydrogen) atoms. The lowest BCUT2D eigenvalue weighted by atomic mass is 9.96. The highest BCUT2D eigenvalue weighted by Crippen LogP contribution is 2.42. The minimum Gasteiger partial charge on any atom is -0.488 e. The van der Waals surface area contributed by atoms with E-state index in [4.69, 9.17) is 4.74 Å². The van der Waals surface area contributed by atoms with Gasteiger partial charge in [0.2, 0.25) is 5.91 Å². The summed E-state index contributed by atoms with van der Waals surface area (Å²) in [5.74, 6) is 1.47. The zero-order valence-corrected chi connectivity index (χ0v) is 15.6. The molecule has 0 saturated carbocycles. The van der Waals surface area contributed by atoms with Crippen LogP contribution < -0.4 is 10.1 Å². The first-order valence-electron chi connectivity index (χ1n) is 9.00. The van der Waals surface area contributed by atoms with Crippen LogP contribution in [0.15, 0.2) is 30.3 Å². The SMILES string of the molecule is CC(=O)NCC1CCN(C(=O)c2cc3c(s2)-c2ccccc2OC3)CC1. The van der Waals surface area contributed by atoms with Gasteiger partial charge in [-0.05, 0) is 37.0 Å². The van der Waals surface area contributed by atoms with Crippen LogP contribution >= 0.6 is 11.3 Å². The van der Waals surface area contributed by atoms with Crippen molar-refractivity contribution in [3.63, 3.8) is 0 Å². The molecule has 136 valence electrons. The minimum atomic E-state index is 0.00942. The molecule has 2 amide bonds. The van der Waals surface area contributed by atoms with Gasteiger partial charge in [-0.15, -0.1) is 11.3 Å². The summed E-state index contributed by atoms with van der Waals surface area (Å²) in [7, 11) is 0. The Labute approximate surface area is 157 Å². The van der Waals surface area contributed by atoms with E-state index in [1.807, 2.05) is 35.2 Å². The molecule has 1 N–H and O–H groups in total. The molecule has 5 nitrogen and oxygen atoms in total. The fourth-order valence-electron chi connectivity index (χ4n) is 3.59. The molecule has 0 aliphatic carbocycles. The van der Waals surface area contributed by atoms with Gasteiger partial charge in [0.25, 0.3) is 5.91 Å². The normalized spacial score (nSPS) is 16.4. The van der Waals surface area contributed by atoms with Crippen molar-refractivity contribution in [2.75, 3.05) is 19.6 Å². The lowest BCUT2D eigenvalue weighted by molar-refractivity contribution is -0.119. The highest BCUT2D eigenvalue weighted by molar-refractivity contribution is 7.17. The molecule has 6 heteroatoms. The number of hydrogen-bond acceptors (Lipinski definition) is 4. The van der Waals surface area contributed by atoms with Crippen molar-refractivity contribution in [2.45, 2.75) is 26.4 Å². The predicted molar refractivity (Wildman–Crippen MR) is 101 cm³/mol. The lowest BCUT2D eigenvalue weighted by Gasteiger charge is -2.31. The standard InChI is InChI=1S/C20H22N2O3S/c1-13(23)21-11-14-6-8-22(9-7-14)20(24)18-10-15-12-25-17-5-3-2-4-16(17)19(15)26-18/h2-5,10,14H,6-9,11-12H2,1H3,(H,21,23). The number of carbonyl (C=O) groups excluding carboxylic acids is 2. The predicted octanol–water partition coefficient (Wildman–Crippen LogP) is 3.30. The van der Waals surface area contributed by atoms with Gasteiger partial charge in [-0.1, -0.05) is 12.1 Å². The summed E-state index contributed by atoms with van der Waals surface area (Å²) in [6.45, 7) is 4.27. The summed E-state index contributed by atoms with van der Waals surface area (Å²) in [6.07, 6.45) is 1.87. The number of carbonyl (C=O) groups is 2. The number of thiophene rings is 1. The molecular formula is C20H22N2O3S. The highest BCUT2D eigenvalue weighted by Gasteiger charge is 2.27. The molecule has 0 unspecified atom stereocenters. The van der Waals surface area contributed by atoms with Gasteiger partial charge in [-0.25, -0.2) is 0 Å². The van der Waals surface area contributed by atoms with E-state index < -0.39 is 0 Å². The molecule has 1 saturated heterocycles. The molecule has 1 aromatic heterocycles. The van der Waals surface area contributed by atoms with E-state index >= 15 is 0 Å². The zero-order valence-electron chi connectivity index (χ0n) is 14.8. The molecule has 1 aromatic carbocycles. The van der Waals surface area contributed by atoms with Crippen LogP contribution in [0.3, 0.4) is 0 Å². The van der Waals surface area contributed by atoms with Crippen LogP contribution in [0.1, 0.15) is 35.0 Å². The maximum absolute atomic E-state index is 12.9. The third kappa shape index (κ3) is 3.33. The van der Waals surface area contributed by atoms with Gasteiger partial charge in [0.15, 0.2) is 0 Å². The molecule has 4 rings (SSSR count). The van der Waals surface area contributed by atoms with E-state index in [9.17, 15) is 9.59 Å². The number of fused-ring (bicyclic) bond motifs is 3. The first kappa shape index (κ1) is 17.1. The van der Waals surface area contributed by atoms with Crippen molar-refractivity contribution in [1.82, 2.24) is 10.2 Å². The second-order valence-electron chi connectivity index (χ2n) is 6.92. The summed E-state index contributed by atoms with van der Waals surface area (Å²) in [6, 6.07) is 9.97. The highest BCUT2D eigenvalue weighted by atomic mass is 32.1. The number of nitrogens with one attached hydrogen (secondary N) is 1. The first-order valence-corrected chi connectivity index (χ1v) is 9.82. The van der Waals surface area contributed by atoms with E-state index in [0.29, 0.717) is 19.1 Å². The van der Waals surface area contributed by atoms with Gasteiger partial charge in [0.05, 0.1) is 4.88 Å². The van der Waals surface area contributed by atoms with Crippen LogP contribution in [-0.4, -0.2) is 36.3 Å². The fourth-order valence-corrected chi connectivity index (χ4v) is 4.75. The molecule has 0 spiro atoms. The maximum atomic E-state index is 12.9. The van der Waals surface area contributed by atoms with Crippen molar-refractivity contribution >= 4 is 23.2 Å². The van der Waals surface area contributed by atoms with Crippen LogP contribution in [0.25, 0.3) is 10.4 Å². The first-order chi connectivity index (χ1) is 12.6. The quantitative estimate of drug-likeness (QED) is 0.902. The average molecular weight is 370 g/mol. The number of hydrogen-bond donors (Lipinski definition) is 1. The van der Waals surface area contributed by atoms with Gasteiger partial charge in [-0.3, -0.25) is 9.59 Å². The second-order valence-corrected chi connectivity index (χ2v) is 7.97. The van der Waals surface area contributed by atoms with E-state index in [0.717, 1.165) is 52.6 Å². The monoisotopic (exact) mass is 370 g/mol. The molecule has 2 aromatic rings. The van der Waals surface area contributed by atoms with Gasteiger partial charge >= 0.3 is 0 Å². The van der Waals surface area contributed by atoms with Gasteiger partial charge < -0.3 is 15.0 Å². The van der Waals surface area contributed by atoms with E-state index in [1.165, 1.54) is 0 Å². The Morgan fingerprint density at radius 2 is 2.04 bits per heavy atom. The van der Waals surface area contributed by atoms with Crippen LogP contribution in [0.5, 0.6) is 5.75 Å². The average Bonchev–Trinajstić information content (AvgIpc) is 3.11. The molecule has 1 fully saturated rings. The Morgan fingerprint density at radius 3 is 2.81 bits per heavy atom. The smallest absolute Gasteiger partial charge is 0.263 e. The lowest BCUT2D eigenvalue weighted by Crippen LogP contribution is -2.41. The second kappa shape index (κ2) is 7.11. The van der Waals surface area contributed by atoms with Crippen LogP contribution in [0.4, 0.5) is 0 Å². The zero-order chi connectivity index (χ0) is 18.1.